The van der Waals surface area contributed by atoms with Gasteiger partial charge < -0.3 is 5.32 Å². The number of rotatable bonds is 6. The molecule has 3 rings (SSSR count). The number of benzene rings is 1. The topological polar surface area (TPSA) is 54.9 Å². The Hall–Kier alpha value is -1.34. The lowest BCUT2D eigenvalue weighted by molar-refractivity contribution is -0.116. The van der Waals surface area contributed by atoms with Gasteiger partial charge in [-0.3, -0.25) is 4.79 Å². The molecule has 0 aliphatic rings. The van der Waals surface area contributed by atoms with Crippen LogP contribution in [0.1, 0.15) is 18.4 Å². The Morgan fingerprint density at radius 3 is 2.96 bits per heavy atom. The van der Waals surface area contributed by atoms with Gasteiger partial charge in [0.25, 0.3) is 0 Å². The second-order valence-corrected chi connectivity index (χ2v) is 8.14. The molecule has 0 saturated heterocycles. The number of hydrogen-bond acceptors (Lipinski definition) is 5. The van der Waals surface area contributed by atoms with Crippen LogP contribution < -0.4 is 5.32 Å². The molecule has 1 aromatic carbocycles. The SMILES string of the molecule is Cc1ccc(Cl)c(NC(=O)CCCSc2ncnc3sccc23)c1Cl. The summed E-state index contributed by atoms with van der Waals surface area (Å²) in [6.45, 7) is 1.87. The number of aryl methyl sites for hydroxylation is 1. The molecule has 1 amide bonds. The molecule has 0 bridgehead atoms. The van der Waals surface area contributed by atoms with E-state index in [1.165, 1.54) is 0 Å². The number of hydrogen-bond donors (Lipinski definition) is 1. The van der Waals surface area contributed by atoms with Crippen LogP contribution in [-0.2, 0) is 4.79 Å². The van der Waals surface area contributed by atoms with Gasteiger partial charge in [0.2, 0.25) is 5.91 Å². The molecule has 3 aromatic rings. The van der Waals surface area contributed by atoms with E-state index in [9.17, 15) is 4.79 Å². The highest BCUT2D eigenvalue weighted by Crippen LogP contribution is 2.33. The predicted molar refractivity (Wildman–Crippen MR) is 107 cm³/mol. The molecule has 25 heavy (non-hydrogen) atoms. The number of amides is 1. The molecule has 2 heterocycles. The Kier molecular flexibility index (Phi) is 6.17. The molecule has 0 atom stereocenters. The molecule has 0 spiro atoms. The van der Waals surface area contributed by atoms with Crippen LogP contribution in [-0.4, -0.2) is 21.6 Å². The van der Waals surface area contributed by atoms with Crippen molar-refractivity contribution in [2.45, 2.75) is 24.8 Å². The summed E-state index contributed by atoms with van der Waals surface area (Å²) in [5, 5.41) is 7.76. The standard InChI is InChI=1S/C17H15Cl2N3OS2/c1-10-4-5-12(18)15(14(10)19)22-13(23)3-2-7-24-16-11-6-8-25-17(11)21-9-20-16/h4-6,8-9H,2-3,7H2,1H3,(H,22,23). The van der Waals surface area contributed by atoms with Crippen LogP contribution in [0.15, 0.2) is 34.9 Å². The summed E-state index contributed by atoms with van der Waals surface area (Å²) in [7, 11) is 0. The molecule has 0 radical (unpaired) electrons. The molecule has 4 nitrogen and oxygen atoms in total. The quantitative estimate of drug-likeness (QED) is 0.315. The summed E-state index contributed by atoms with van der Waals surface area (Å²) in [6.07, 6.45) is 2.70. The second kappa shape index (κ2) is 8.36. The van der Waals surface area contributed by atoms with E-state index in [4.69, 9.17) is 23.2 Å². The van der Waals surface area contributed by atoms with Crippen molar-refractivity contribution in [1.82, 2.24) is 9.97 Å². The minimum Gasteiger partial charge on any atom is -0.324 e. The number of carbonyl (C=O) groups excluding carboxylic acids is 1. The zero-order chi connectivity index (χ0) is 17.8. The Morgan fingerprint density at radius 1 is 1.28 bits per heavy atom. The fourth-order valence-electron chi connectivity index (χ4n) is 2.26. The number of anilines is 1. The van der Waals surface area contributed by atoms with Gasteiger partial charge in [0, 0.05) is 17.6 Å². The van der Waals surface area contributed by atoms with Gasteiger partial charge >= 0.3 is 0 Å². The molecule has 2 aromatic heterocycles. The van der Waals surface area contributed by atoms with Crippen LogP contribution in [0.5, 0.6) is 0 Å². The number of carbonyl (C=O) groups is 1. The van der Waals surface area contributed by atoms with Crippen molar-refractivity contribution in [3.63, 3.8) is 0 Å². The molecule has 1 N–H and O–H groups in total. The number of fused-ring (bicyclic) bond motifs is 1. The van der Waals surface area contributed by atoms with Crippen molar-refractivity contribution >= 4 is 68.1 Å². The smallest absolute Gasteiger partial charge is 0.224 e. The van der Waals surface area contributed by atoms with E-state index < -0.39 is 0 Å². The van der Waals surface area contributed by atoms with Crippen LogP contribution in [0.2, 0.25) is 10.0 Å². The zero-order valence-corrected chi connectivity index (χ0v) is 16.5. The first kappa shape index (κ1) is 18.5. The monoisotopic (exact) mass is 411 g/mol. The van der Waals surface area contributed by atoms with Crippen LogP contribution in [0, 0.1) is 6.92 Å². The fourth-order valence-corrected chi connectivity index (χ4v) is 4.44. The highest BCUT2D eigenvalue weighted by Gasteiger charge is 2.12. The third-order valence-corrected chi connectivity index (χ3v) is 6.28. The van der Waals surface area contributed by atoms with Crippen molar-refractivity contribution in [1.29, 1.82) is 0 Å². The molecule has 0 fully saturated rings. The molecule has 0 saturated carbocycles. The third kappa shape index (κ3) is 4.44. The van der Waals surface area contributed by atoms with Gasteiger partial charge in [-0.15, -0.1) is 23.1 Å². The van der Waals surface area contributed by atoms with Gasteiger partial charge in [-0.1, -0.05) is 29.3 Å². The summed E-state index contributed by atoms with van der Waals surface area (Å²) >= 11 is 15.6. The van der Waals surface area contributed by atoms with Crippen molar-refractivity contribution < 1.29 is 4.79 Å². The van der Waals surface area contributed by atoms with Crippen molar-refractivity contribution in [2.75, 3.05) is 11.1 Å². The first-order valence-electron chi connectivity index (χ1n) is 7.61. The van der Waals surface area contributed by atoms with Crippen LogP contribution in [0.3, 0.4) is 0 Å². The van der Waals surface area contributed by atoms with Gasteiger partial charge in [-0.2, -0.15) is 0 Å². The molecule has 0 aliphatic heterocycles. The second-order valence-electron chi connectivity index (χ2n) is 5.37. The summed E-state index contributed by atoms with van der Waals surface area (Å²) in [4.78, 5) is 21.7. The summed E-state index contributed by atoms with van der Waals surface area (Å²) in [6, 6.07) is 5.58. The lowest BCUT2D eigenvalue weighted by Crippen LogP contribution is -2.12. The van der Waals surface area contributed by atoms with Crippen molar-refractivity contribution in [3.8, 4) is 0 Å². The Bertz CT molecular complexity index is 914. The maximum absolute atomic E-state index is 12.1. The van der Waals surface area contributed by atoms with Crippen LogP contribution >= 0.6 is 46.3 Å². The Morgan fingerprint density at radius 2 is 2.12 bits per heavy atom. The zero-order valence-electron chi connectivity index (χ0n) is 13.4. The molecule has 0 aliphatic carbocycles. The molecule has 0 unspecified atom stereocenters. The fraction of sp³-hybridized carbons (Fsp3) is 0.235. The Balaban J connectivity index is 1.52. The van der Waals surface area contributed by atoms with Crippen LogP contribution in [0.4, 0.5) is 5.69 Å². The molecular weight excluding hydrogens is 397 g/mol. The number of nitrogens with zero attached hydrogens (tertiary/aromatic N) is 2. The lowest BCUT2D eigenvalue weighted by Gasteiger charge is -2.11. The lowest BCUT2D eigenvalue weighted by atomic mass is 10.2. The van der Waals surface area contributed by atoms with E-state index >= 15 is 0 Å². The summed E-state index contributed by atoms with van der Waals surface area (Å²) in [5.74, 6) is 0.698. The Labute approximate surface area is 164 Å². The maximum Gasteiger partial charge on any atom is 0.224 e. The summed E-state index contributed by atoms with van der Waals surface area (Å²) in [5.41, 5.74) is 1.36. The highest BCUT2D eigenvalue weighted by molar-refractivity contribution is 7.99. The molecule has 130 valence electrons. The maximum atomic E-state index is 12.1. The first-order valence-corrected chi connectivity index (χ1v) is 10.2. The first-order chi connectivity index (χ1) is 12.1. The largest absolute Gasteiger partial charge is 0.324 e. The van der Waals surface area contributed by atoms with Crippen molar-refractivity contribution in [2.24, 2.45) is 0 Å². The summed E-state index contributed by atoms with van der Waals surface area (Å²) < 4.78 is 0. The van der Waals surface area contributed by atoms with E-state index in [0.717, 1.165) is 33.0 Å². The van der Waals surface area contributed by atoms with E-state index in [1.54, 1.807) is 35.5 Å². The van der Waals surface area contributed by atoms with Gasteiger partial charge in [0.15, 0.2) is 0 Å². The number of thioether (sulfide) groups is 1. The van der Waals surface area contributed by atoms with Gasteiger partial charge in [0.1, 0.15) is 16.2 Å². The van der Waals surface area contributed by atoms with Gasteiger partial charge in [-0.05, 0) is 36.4 Å². The molecular formula is C17H15Cl2N3OS2. The van der Waals surface area contributed by atoms with E-state index in [1.807, 2.05) is 24.4 Å². The average molecular weight is 412 g/mol. The van der Waals surface area contributed by atoms with Gasteiger partial charge in [0.05, 0.1) is 15.7 Å². The number of thiophene rings is 1. The molecule has 8 heteroatoms. The van der Waals surface area contributed by atoms with Crippen LogP contribution in [0.25, 0.3) is 10.2 Å². The predicted octanol–water partition coefficient (Wildman–Crippen LogP) is 5.82. The van der Waals surface area contributed by atoms with E-state index in [0.29, 0.717) is 22.2 Å². The van der Waals surface area contributed by atoms with Gasteiger partial charge in [-0.25, -0.2) is 9.97 Å². The normalized spacial score (nSPS) is 11.0. The number of halogens is 2. The number of aromatic nitrogens is 2. The van der Waals surface area contributed by atoms with E-state index in [-0.39, 0.29) is 5.91 Å². The average Bonchev–Trinajstić information content (AvgIpc) is 3.08. The highest BCUT2D eigenvalue weighted by atomic mass is 35.5. The minimum atomic E-state index is -0.0987. The third-order valence-electron chi connectivity index (χ3n) is 3.56. The number of nitrogens with one attached hydrogen (secondary N) is 1. The minimum absolute atomic E-state index is 0.0987. The van der Waals surface area contributed by atoms with Crippen molar-refractivity contribution in [3.05, 3.63) is 45.5 Å². The van der Waals surface area contributed by atoms with E-state index in [2.05, 4.69) is 15.3 Å².